The van der Waals surface area contributed by atoms with Gasteiger partial charge < -0.3 is 5.32 Å². The van der Waals surface area contributed by atoms with Crippen LogP contribution in [0.3, 0.4) is 0 Å². The fourth-order valence-corrected chi connectivity index (χ4v) is 3.52. The first kappa shape index (κ1) is 19.0. The lowest BCUT2D eigenvalue weighted by Gasteiger charge is -2.12. The molecular formula is C21H21N3O2S. The van der Waals surface area contributed by atoms with E-state index in [0.717, 1.165) is 15.9 Å². The van der Waals surface area contributed by atoms with E-state index in [1.165, 1.54) is 18.1 Å². The van der Waals surface area contributed by atoms with E-state index in [0.29, 0.717) is 11.3 Å². The van der Waals surface area contributed by atoms with Crippen LogP contribution in [0.2, 0.25) is 0 Å². The number of hydrogen-bond acceptors (Lipinski definition) is 5. The molecule has 2 aromatic carbocycles. The summed E-state index contributed by atoms with van der Waals surface area (Å²) in [4.78, 5) is 33.1. The Bertz CT molecular complexity index is 965. The monoisotopic (exact) mass is 379 g/mol. The van der Waals surface area contributed by atoms with Gasteiger partial charge in [0.15, 0.2) is 5.78 Å². The number of rotatable bonds is 6. The van der Waals surface area contributed by atoms with Crippen LogP contribution in [0.4, 0.5) is 5.69 Å². The summed E-state index contributed by atoms with van der Waals surface area (Å²) < 4.78 is 0. The number of nitrogens with one attached hydrogen (secondary N) is 1. The molecule has 0 aliphatic carbocycles. The number of carbonyl (C=O) groups excluding carboxylic acids is 2. The number of anilines is 1. The fourth-order valence-electron chi connectivity index (χ4n) is 2.53. The highest BCUT2D eigenvalue weighted by atomic mass is 32.2. The molecule has 1 amide bonds. The van der Waals surface area contributed by atoms with E-state index in [1.807, 2.05) is 45.0 Å². The number of Topliss-reactive ketones (excluding diaryl/α,β-unsaturated/α-hetero) is 1. The van der Waals surface area contributed by atoms with Gasteiger partial charge in [-0.05, 0) is 37.3 Å². The third-order valence-electron chi connectivity index (χ3n) is 4.13. The van der Waals surface area contributed by atoms with Gasteiger partial charge in [-0.2, -0.15) is 0 Å². The maximum absolute atomic E-state index is 12.8. The van der Waals surface area contributed by atoms with Crippen LogP contribution in [-0.4, -0.2) is 26.9 Å². The van der Waals surface area contributed by atoms with Crippen LogP contribution in [0.1, 0.15) is 31.1 Å². The van der Waals surface area contributed by atoms with Crippen molar-refractivity contribution in [1.29, 1.82) is 0 Å². The van der Waals surface area contributed by atoms with E-state index < -0.39 is 0 Å². The number of para-hydroxylation sites is 1. The van der Waals surface area contributed by atoms with Gasteiger partial charge in [-0.25, -0.2) is 9.97 Å². The molecule has 1 heterocycles. The van der Waals surface area contributed by atoms with Gasteiger partial charge in [0.2, 0.25) is 5.91 Å². The summed E-state index contributed by atoms with van der Waals surface area (Å²) in [5.74, 6) is -0.122. The van der Waals surface area contributed by atoms with Crippen LogP contribution in [0.15, 0.2) is 59.9 Å². The van der Waals surface area contributed by atoms with Gasteiger partial charge in [0.1, 0.15) is 11.4 Å². The number of fused-ring (bicyclic) bond motifs is 1. The van der Waals surface area contributed by atoms with Crippen LogP contribution < -0.4 is 5.32 Å². The van der Waals surface area contributed by atoms with E-state index >= 15 is 0 Å². The number of carbonyl (C=O) groups is 2. The maximum Gasteiger partial charge on any atom is 0.226 e. The van der Waals surface area contributed by atoms with Crippen molar-refractivity contribution in [2.24, 2.45) is 5.92 Å². The Balaban J connectivity index is 1.72. The first-order chi connectivity index (χ1) is 13.0. The zero-order valence-electron chi connectivity index (χ0n) is 15.5. The van der Waals surface area contributed by atoms with Crippen molar-refractivity contribution in [3.8, 4) is 0 Å². The number of benzene rings is 2. The summed E-state index contributed by atoms with van der Waals surface area (Å²) in [6, 6.07) is 14.8. The fraction of sp³-hybridized carbons (Fsp3) is 0.238. The van der Waals surface area contributed by atoms with Gasteiger partial charge in [-0.1, -0.05) is 43.8 Å². The Morgan fingerprint density at radius 1 is 0.963 bits per heavy atom. The Morgan fingerprint density at radius 2 is 1.67 bits per heavy atom. The van der Waals surface area contributed by atoms with Gasteiger partial charge in [-0.15, -0.1) is 0 Å². The van der Waals surface area contributed by atoms with Crippen LogP contribution >= 0.6 is 11.8 Å². The molecule has 0 saturated carbocycles. The SMILES string of the molecule is CC(C)C(=O)Nc1ccc(C(=O)C(C)Sc2ncnc3ccccc23)cc1. The van der Waals surface area contributed by atoms with Gasteiger partial charge in [-0.3, -0.25) is 9.59 Å². The van der Waals surface area contributed by atoms with Gasteiger partial charge in [0.05, 0.1) is 10.8 Å². The standard InChI is InChI=1S/C21H21N3O2S/c1-13(2)20(26)24-16-10-8-15(9-11-16)19(25)14(3)27-21-17-6-4-5-7-18(17)22-12-23-21/h4-14H,1-3H3,(H,24,26). The second-order valence-corrected chi connectivity index (χ2v) is 7.87. The van der Waals surface area contributed by atoms with Gasteiger partial charge in [0.25, 0.3) is 0 Å². The molecule has 0 spiro atoms. The third-order valence-corrected chi connectivity index (χ3v) is 5.24. The normalized spacial score (nSPS) is 12.1. The van der Waals surface area contributed by atoms with Crippen molar-refractivity contribution < 1.29 is 9.59 Å². The molecule has 0 aliphatic rings. The number of thioether (sulfide) groups is 1. The van der Waals surface area contributed by atoms with Crippen molar-refractivity contribution >= 4 is 40.0 Å². The Morgan fingerprint density at radius 3 is 2.37 bits per heavy atom. The van der Waals surface area contributed by atoms with Crippen LogP contribution in [-0.2, 0) is 4.79 Å². The molecule has 27 heavy (non-hydrogen) atoms. The van der Waals surface area contributed by atoms with Gasteiger partial charge in [0, 0.05) is 22.6 Å². The quantitative estimate of drug-likeness (QED) is 0.385. The predicted molar refractivity (Wildman–Crippen MR) is 109 cm³/mol. The lowest BCUT2D eigenvalue weighted by molar-refractivity contribution is -0.118. The van der Waals surface area contributed by atoms with E-state index in [-0.39, 0.29) is 22.9 Å². The van der Waals surface area contributed by atoms with E-state index in [2.05, 4.69) is 15.3 Å². The maximum atomic E-state index is 12.8. The number of hydrogen-bond donors (Lipinski definition) is 1. The molecule has 1 aromatic heterocycles. The molecule has 3 aromatic rings. The van der Waals surface area contributed by atoms with Crippen molar-refractivity contribution in [2.75, 3.05) is 5.32 Å². The molecular weight excluding hydrogens is 358 g/mol. The highest BCUT2D eigenvalue weighted by Gasteiger charge is 2.18. The van der Waals surface area contributed by atoms with Crippen molar-refractivity contribution in [3.05, 3.63) is 60.4 Å². The number of amides is 1. The molecule has 3 rings (SSSR count). The Labute approximate surface area is 162 Å². The molecule has 6 heteroatoms. The molecule has 1 unspecified atom stereocenters. The summed E-state index contributed by atoms with van der Waals surface area (Å²) in [5.41, 5.74) is 2.16. The van der Waals surface area contributed by atoms with Gasteiger partial charge >= 0.3 is 0 Å². The summed E-state index contributed by atoms with van der Waals surface area (Å²) in [6.07, 6.45) is 1.52. The smallest absolute Gasteiger partial charge is 0.226 e. The van der Waals surface area contributed by atoms with Crippen molar-refractivity contribution in [3.63, 3.8) is 0 Å². The minimum absolute atomic E-state index is 0.0180. The Hall–Kier alpha value is -2.73. The largest absolute Gasteiger partial charge is 0.326 e. The first-order valence-corrected chi connectivity index (χ1v) is 9.65. The van der Waals surface area contributed by atoms with E-state index in [9.17, 15) is 9.59 Å². The van der Waals surface area contributed by atoms with Crippen molar-refractivity contribution in [2.45, 2.75) is 31.0 Å². The molecule has 0 aliphatic heterocycles. The summed E-state index contributed by atoms with van der Waals surface area (Å²) in [5, 5.41) is 4.27. The van der Waals surface area contributed by atoms with Crippen LogP contribution in [0, 0.1) is 5.92 Å². The molecule has 0 fully saturated rings. The first-order valence-electron chi connectivity index (χ1n) is 8.77. The van der Waals surface area contributed by atoms with E-state index in [1.54, 1.807) is 24.3 Å². The predicted octanol–water partition coefficient (Wildman–Crippen LogP) is 4.59. The molecule has 5 nitrogen and oxygen atoms in total. The number of aromatic nitrogens is 2. The average molecular weight is 379 g/mol. The third kappa shape index (κ3) is 4.52. The topological polar surface area (TPSA) is 72.0 Å². The molecule has 0 saturated heterocycles. The molecule has 138 valence electrons. The summed E-state index contributed by atoms with van der Waals surface area (Å²) in [6.45, 7) is 5.55. The minimum atomic E-state index is -0.292. The number of nitrogens with zero attached hydrogens (tertiary/aromatic N) is 2. The zero-order chi connectivity index (χ0) is 19.4. The number of ketones is 1. The summed E-state index contributed by atoms with van der Waals surface area (Å²) in [7, 11) is 0. The summed E-state index contributed by atoms with van der Waals surface area (Å²) >= 11 is 1.42. The van der Waals surface area contributed by atoms with Crippen LogP contribution in [0.25, 0.3) is 10.9 Å². The molecule has 0 bridgehead atoms. The molecule has 0 radical (unpaired) electrons. The zero-order valence-corrected chi connectivity index (χ0v) is 16.3. The molecule has 1 atom stereocenters. The lowest BCUT2D eigenvalue weighted by atomic mass is 10.1. The van der Waals surface area contributed by atoms with E-state index in [4.69, 9.17) is 0 Å². The van der Waals surface area contributed by atoms with Crippen LogP contribution in [0.5, 0.6) is 0 Å². The Kier molecular flexibility index (Phi) is 5.86. The minimum Gasteiger partial charge on any atom is -0.326 e. The average Bonchev–Trinajstić information content (AvgIpc) is 2.68. The molecule has 1 N–H and O–H groups in total. The van der Waals surface area contributed by atoms with Crippen molar-refractivity contribution in [1.82, 2.24) is 9.97 Å². The second-order valence-electron chi connectivity index (χ2n) is 6.54. The highest BCUT2D eigenvalue weighted by molar-refractivity contribution is 8.00. The second kappa shape index (κ2) is 8.31. The lowest BCUT2D eigenvalue weighted by Crippen LogP contribution is -2.18. The highest BCUT2D eigenvalue weighted by Crippen LogP contribution is 2.29.